The first-order valence-corrected chi connectivity index (χ1v) is 14.5. The number of fused-ring (bicyclic) bond motifs is 1. The standard InChI is InChI=1S/C30H34FN7O3S/c1-18-15-35-27(32-9-11-38-12-10-33-28(38)39)36-25(18)23-13-19-7-6-8-21(26(19)42-23)22-14-24(31)34-16-20(22)17-37(5)29(40)41-30(2,3)4/h6-8,13-16H,9-12,17H2,1-5H3,(H,33,39)(H,32,35,36). The van der Waals surface area contributed by atoms with Gasteiger partial charge in [0.25, 0.3) is 0 Å². The van der Waals surface area contributed by atoms with Gasteiger partial charge in [0.05, 0.1) is 17.1 Å². The van der Waals surface area contributed by atoms with Gasteiger partial charge in [-0.25, -0.2) is 24.5 Å². The second-order valence-electron chi connectivity index (χ2n) is 11.2. The van der Waals surface area contributed by atoms with E-state index in [1.165, 1.54) is 17.2 Å². The van der Waals surface area contributed by atoms with Crippen LogP contribution in [0, 0.1) is 12.9 Å². The summed E-state index contributed by atoms with van der Waals surface area (Å²) < 4.78 is 20.9. The number of hydrogen-bond acceptors (Lipinski definition) is 8. The van der Waals surface area contributed by atoms with E-state index in [0.29, 0.717) is 43.3 Å². The van der Waals surface area contributed by atoms with E-state index in [-0.39, 0.29) is 12.6 Å². The lowest BCUT2D eigenvalue weighted by molar-refractivity contribution is 0.0285. The van der Waals surface area contributed by atoms with E-state index in [2.05, 4.69) is 26.7 Å². The highest BCUT2D eigenvalue weighted by Gasteiger charge is 2.22. The Labute approximate surface area is 247 Å². The molecule has 0 radical (unpaired) electrons. The van der Waals surface area contributed by atoms with Crippen molar-refractivity contribution < 1.29 is 18.7 Å². The molecule has 1 saturated heterocycles. The monoisotopic (exact) mass is 591 g/mol. The number of amides is 3. The zero-order valence-electron chi connectivity index (χ0n) is 24.3. The quantitative estimate of drug-likeness (QED) is 0.254. The van der Waals surface area contributed by atoms with Crippen molar-refractivity contribution in [2.24, 2.45) is 0 Å². The first kappa shape index (κ1) is 29.2. The fourth-order valence-electron chi connectivity index (χ4n) is 4.69. The molecule has 1 aliphatic heterocycles. The van der Waals surface area contributed by atoms with Crippen LogP contribution in [0.5, 0.6) is 0 Å². The average molecular weight is 592 g/mol. The number of aryl methyl sites for hydroxylation is 1. The van der Waals surface area contributed by atoms with Crippen LogP contribution in [0.4, 0.5) is 19.9 Å². The first-order chi connectivity index (χ1) is 20.0. The molecule has 0 saturated carbocycles. The van der Waals surface area contributed by atoms with Crippen LogP contribution in [0.3, 0.4) is 0 Å². The Morgan fingerprint density at radius 2 is 2.02 bits per heavy atom. The van der Waals surface area contributed by atoms with Gasteiger partial charge in [0, 0.05) is 62.0 Å². The summed E-state index contributed by atoms with van der Waals surface area (Å²) in [6.45, 7) is 10.0. The summed E-state index contributed by atoms with van der Waals surface area (Å²) in [5.41, 5.74) is 3.28. The fourth-order valence-corrected chi connectivity index (χ4v) is 5.93. The number of nitrogens with zero attached hydrogens (tertiary/aromatic N) is 5. The number of carbonyl (C=O) groups is 2. The van der Waals surface area contributed by atoms with Crippen LogP contribution in [0.15, 0.2) is 42.7 Å². The number of ether oxygens (including phenoxy) is 1. The third kappa shape index (κ3) is 6.59. The average Bonchev–Trinajstić information content (AvgIpc) is 3.55. The summed E-state index contributed by atoms with van der Waals surface area (Å²) in [4.78, 5) is 41.7. The molecule has 1 fully saturated rings. The molecule has 10 nitrogen and oxygen atoms in total. The Bertz CT molecular complexity index is 1640. The summed E-state index contributed by atoms with van der Waals surface area (Å²) in [7, 11) is 1.65. The van der Waals surface area contributed by atoms with E-state index in [9.17, 15) is 14.0 Å². The summed E-state index contributed by atoms with van der Waals surface area (Å²) in [6, 6.07) is 9.31. The molecule has 5 rings (SSSR count). The molecule has 0 unspecified atom stereocenters. The maximum absolute atomic E-state index is 14.5. The van der Waals surface area contributed by atoms with Crippen LogP contribution in [-0.4, -0.2) is 75.7 Å². The van der Waals surface area contributed by atoms with Crippen molar-refractivity contribution in [2.45, 2.75) is 39.8 Å². The SMILES string of the molecule is Cc1cnc(NCCN2CCNC2=O)nc1-c1cc2cccc(-c3cc(F)ncc3CN(C)C(=O)OC(C)(C)C)c2s1. The van der Waals surface area contributed by atoms with Crippen molar-refractivity contribution in [3.8, 4) is 21.7 Å². The highest BCUT2D eigenvalue weighted by atomic mass is 32.1. The normalized spacial score (nSPS) is 13.4. The van der Waals surface area contributed by atoms with Crippen LogP contribution >= 0.6 is 11.3 Å². The number of pyridine rings is 1. The van der Waals surface area contributed by atoms with Crippen molar-refractivity contribution >= 4 is 39.5 Å². The van der Waals surface area contributed by atoms with E-state index in [4.69, 9.17) is 9.72 Å². The molecule has 0 bridgehead atoms. The Hall–Kier alpha value is -4.32. The lowest BCUT2D eigenvalue weighted by Gasteiger charge is -2.25. The lowest BCUT2D eigenvalue weighted by Crippen LogP contribution is -2.34. The molecule has 12 heteroatoms. The molecule has 1 aromatic carbocycles. The number of halogens is 1. The highest BCUT2D eigenvalue weighted by Crippen LogP contribution is 2.40. The van der Waals surface area contributed by atoms with E-state index < -0.39 is 17.6 Å². The van der Waals surface area contributed by atoms with Crippen LogP contribution in [0.25, 0.3) is 31.8 Å². The van der Waals surface area contributed by atoms with Gasteiger partial charge >= 0.3 is 12.1 Å². The largest absolute Gasteiger partial charge is 0.444 e. The molecule has 2 N–H and O–H groups in total. The van der Waals surface area contributed by atoms with Gasteiger partial charge in [-0.15, -0.1) is 11.3 Å². The van der Waals surface area contributed by atoms with Gasteiger partial charge in [-0.2, -0.15) is 4.39 Å². The van der Waals surface area contributed by atoms with E-state index in [1.807, 2.05) is 45.9 Å². The smallest absolute Gasteiger partial charge is 0.410 e. The summed E-state index contributed by atoms with van der Waals surface area (Å²) in [5, 5.41) is 7.01. The molecule has 0 spiro atoms. The zero-order chi connectivity index (χ0) is 30.0. The van der Waals surface area contributed by atoms with Gasteiger partial charge in [0.15, 0.2) is 0 Å². The van der Waals surface area contributed by atoms with Crippen molar-refractivity contribution in [1.82, 2.24) is 30.1 Å². The number of hydrogen-bond donors (Lipinski definition) is 2. The van der Waals surface area contributed by atoms with E-state index >= 15 is 0 Å². The fraction of sp³-hybridized carbons (Fsp3) is 0.367. The van der Waals surface area contributed by atoms with Crippen LogP contribution in [0.2, 0.25) is 0 Å². The number of aromatic nitrogens is 3. The number of benzene rings is 1. The highest BCUT2D eigenvalue weighted by molar-refractivity contribution is 7.22. The lowest BCUT2D eigenvalue weighted by atomic mass is 10.00. The van der Waals surface area contributed by atoms with E-state index in [1.54, 1.807) is 29.5 Å². The maximum atomic E-state index is 14.5. The van der Waals surface area contributed by atoms with Gasteiger partial charge in [-0.3, -0.25) is 0 Å². The minimum atomic E-state index is -0.632. The van der Waals surface area contributed by atoms with Crippen LogP contribution in [-0.2, 0) is 11.3 Å². The number of rotatable bonds is 8. The van der Waals surface area contributed by atoms with Gasteiger partial charge in [-0.1, -0.05) is 18.2 Å². The topological polar surface area (TPSA) is 113 Å². The predicted molar refractivity (Wildman–Crippen MR) is 162 cm³/mol. The van der Waals surface area contributed by atoms with Gasteiger partial charge in [0.2, 0.25) is 11.9 Å². The van der Waals surface area contributed by atoms with Crippen molar-refractivity contribution in [3.05, 3.63) is 59.8 Å². The van der Waals surface area contributed by atoms with Crippen LogP contribution in [0.1, 0.15) is 31.9 Å². The maximum Gasteiger partial charge on any atom is 0.410 e. The Morgan fingerprint density at radius 1 is 1.21 bits per heavy atom. The predicted octanol–water partition coefficient (Wildman–Crippen LogP) is 5.67. The number of anilines is 1. The van der Waals surface area contributed by atoms with Gasteiger partial charge in [0.1, 0.15) is 5.60 Å². The minimum absolute atomic E-state index is 0.0582. The summed E-state index contributed by atoms with van der Waals surface area (Å²) >= 11 is 1.56. The van der Waals surface area contributed by atoms with Gasteiger partial charge < -0.3 is 25.2 Å². The molecule has 0 aliphatic carbocycles. The second-order valence-corrected chi connectivity index (χ2v) is 12.3. The molecule has 4 heterocycles. The second kappa shape index (κ2) is 11.9. The summed E-state index contributed by atoms with van der Waals surface area (Å²) in [6.07, 6.45) is 2.78. The third-order valence-corrected chi connectivity index (χ3v) is 7.91. The van der Waals surface area contributed by atoms with Crippen molar-refractivity contribution in [3.63, 3.8) is 0 Å². The number of thiophene rings is 1. The third-order valence-electron chi connectivity index (χ3n) is 6.72. The van der Waals surface area contributed by atoms with Crippen molar-refractivity contribution in [2.75, 3.05) is 38.5 Å². The number of nitrogens with one attached hydrogen (secondary N) is 2. The van der Waals surface area contributed by atoms with Crippen molar-refractivity contribution in [1.29, 1.82) is 0 Å². The molecule has 220 valence electrons. The molecule has 3 aromatic heterocycles. The van der Waals surface area contributed by atoms with Gasteiger partial charge in [-0.05, 0) is 55.8 Å². The molecule has 4 aromatic rings. The minimum Gasteiger partial charge on any atom is -0.444 e. The first-order valence-electron chi connectivity index (χ1n) is 13.7. The molecule has 3 amide bonds. The molecule has 42 heavy (non-hydrogen) atoms. The molecule has 0 atom stereocenters. The Morgan fingerprint density at radius 3 is 2.76 bits per heavy atom. The number of carbonyl (C=O) groups excluding carboxylic acids is 2. The summed E-state index contributed by atoms with van der Waals surface area (Å²) in [5.74, 6) is -0.118. The molecule has 1 aliphatic rings. The molecular weight excluding hydrogens is 557 g/mol. The molecular formula is C30H34FN7O3S. The van der Waals surface area contributed by atoms with E-state index in [0.717, 1.165) is 31.8 Å². The number of urea groups is 1. The Kier molecular flexibility index (Phi) is 8.26. The Balaban J connectivity index is 1.43. The van der Waals surface area contributed by atoms with Crippen LogP contribution < -0.4 is 10.6 Å². The zero-order valence-corrected chi connectivity index (χ0v) is 25.1.